The molecule has 0 unspecified atom stereocenters. The van der Waals surface area contributed by atoms with Gasteiger partial charge in [0.15, 0.2) is 0 Å². The molecule has 0 radical (unpaired) electrons. The minimum Gasteiger partial charge on any atom is -0.507 e. The molecule has 1 N–H and O–H groups in total. The summed E-state index contributed by atoms with van der Waals surface area (Å²) in [6.07, 6.45) is 0. The molecule has 1 fully saturated rings. The monoisotopic (exact) mass is 438 g/mol. The van der Waals surface area contributed by atoms with E-state index in [1.54, 1.807) is 12.1 Å². The first-order chi connectivity index (χ1) is 15.3. The standard InChI is InChI=1S/C21H18N4O7/c26-17-4-2-1-3-15(17)19(28)23-9-7-22(8-10-23)18(27)12-24-20(29)14-6-5-13(25(31)32)11-16(14)21(24)30/h1-6,11,26H,7-10,12H2. The smallest absolute Gasteiger partial charge is 0.270 e. The number of nitro groups is 1. The minimum atomic E-state index is -0.754. The zero-order chi connectivity index (χ0) is 23.0. The van der Waals surface area contributed by atoms with Gasteiger partial charge in [-0.05, 0) is 18.2 Å². The molecule has 4 rings (SSSR count). The van der Waals surface area contributed by atoms with Gasteiger partial charge in [0.05, 0.1) is 21.6 Å². The first-order valence-electron chi connectivity index (χ1n) is 9.77. The Kier molecular flexibility index (Phi) is 5.31. The lowest BCUT2D eigenvalue weighted by Gasteiger charge is -2.35. The molecule has 2 aromatic rings. The maximum atomic E-state index is 12.7. The molecule has 32 heavy (non-hydrogen) atoms. The molecule has 2 aromatic carbocycles. The average Bonchev–Trinajstić information content (AvgIpc) is 3.03. The van der Waals surface area contributed by atoms with Crippen LogP contribution in [-0.4, -0.2) is 81.1 Å². The van der Waals surface area contributed by atoms with Gasteiger partial charge in [-0.2, -0.15) is 0 Å². The van der Waals surface area contributed by atoms with E-state index < -0.39 is 29.2 Å². The van der Waals surface area contributed by atoms with Crippen LogP contribution in [0.5, 0.6) is 5.75 Å². The molecule has 11 heteroatoms. The first-order valence-corrected chi connectivity index (χ1v) is 9.77. The van der Waals surface area contributed by atoms with Gasteiger partial charge in [0, 0.05) is 38.3 Å². The van der Waals surface area contributed by atoms with E-state index in [0.717, 1.165) is 17.0 Å². The Balaban J connectivity index is 1.39. The largest absolute Gasteiger partial charge is 0.507 e. The second-order valence-electron chi connectivity index (χ2n) is 7.37. The van der Waals surface area contributed by atoms with E-state index in [4.69, 9.17) is 0 Å². The summed E-state index contributed by atoms with van der Waals surface area (Å²) < 4.78 is 0. The fourth-order valence-corrected chi connectivity index (χ4v) is 3.75. The Morgan fingerprint density at radius 2 is 1.56 bits per heavy atom. The Hall–Kier alpha value is -4.28. The molecule has 1 saturated heterocycles. The van der Waals surface area contributed by atoms with Gasteiger partial charge in [0.2, 0.25) is 5.91 Å². The molecule has 4 amide bonds. The van der Waals surface area contributed by atoms with Crippen molar-refractivity contribution in [3.63, 3.8) is 0 Å². The highest BCUT2D eigenvalue weighted by Crippen LogP contribution is 2.27. The molecular weight excluding hydrogens is 420 g/mol. The molecule has 2 aliphatic rings. The van der Waals surface area contributed by atoms with Gasteiger partial charge in [0.1, 0.15) is 12.3 Å². The number of amides is 4. The summed E-state index contributed by atoms with van der Waals surface area (Å²) in [5, 5.41) is 20.8. The number of rotatable bonds is 4. The van der Waals surface area contributed by atoms with Crippen molar-refractivity contribution in [2.75, 3.05) is 32.7 Å². The number of hydrogen-bond donors (Lipinski definition) is 1. The molecule has 0 bridgehead atoms. The predicted molar refractivity (Wildman–Crippen MR) is 109 cm³/mol. The third kappa shape index (κ3) is 3.64. The van der Waals surface area contributed by atoms with Crippen LogP contribution in [0.15, 0.2) is 42.5 Å². The van der Waals surface area contributed by atoms with Gasteiger partial charge in [-0.15, -0.1) is 0 Å². The van der Waals surface area contributed by atoms with Crippen molar-refractivity contribution in [1.29, 1.82) is 0 Å². The van der Waals surface area contributed by atoms with E-state index in [2.05, 4.69) is 0 Å². The number of benzene rings is 2. The van der Waals surface area contributed by atoms with E-state index in [-0.39, 0.29) is 60.2 Å². The van der Waals surface area contributed by atoms with E-state index in [0.29, 0.717) is 0 Å². The van der Waals surface area contributed by atoms with Crippen LogP contribution in [-0.2, 0) is 4.79 Å². The Bertz CT molecular complexity index is 1150. The number of para-hydroxylation sites is 1. The minimum absolute atomic E-state index is 0.0199. The summed E-state index contributed by atoms with van der Waals surface area (Å²) in [5.41, 5.74) is -0.225. The molecule has 11 nitrogen and oxygen atoms in total. The quantitative estimate of drug-likeness (QED) is 0.424. The zero-order valence-corrected chi connectivity index (χ0v) is 16.8. The number of aromatic hydroxyl groups is 1. The highest BCUT2D eigenvalue weighted by molar-refractivity contribution is 6.22. The maximum Gasteiger partial charge on any atom is 0.270 e. The number of phenols is 1. The van der Waals surface area contributed by atoms with Crippen LogP contribution in [0.3, 0.4) is 0 Å². The topological polar surface area (TPSA) is 141 Å². The number of nitro benzene ring substituents is 1. The Morgan fingerprint density at radius 1 is 0.938 bits per heavy atom. The molecule has 0 aliphatic carbocycles. The second-order valence-corrected chi connectivity index (χ2v) is 7.37. The van der Waals surface area contributed by atoms with Crippen molar-refractivity contribution >= 4 is 29.3 Å². The second kappa shape index (κ2) is 8.10. The van der Waals surface area contributed by atoms with Crippen molar-refractivity contribution in [1.82, 2.24) is 14.7 Å². The molecule has 0 spiro atoms. The summed E-state index contributed by atoms with van der Waals surface area (Å²) in [4.78, 5) is 64.4. The number of carbonyl (C=O) groups excluding carboxylic acids is 4. The molecule has 2 aliphatic heterocycles. The van der Waals surface area contributed by atoms with Crippen molar-refractivity contribution in [3.05, 3.63) is 69.3 Å². The van der Waals surface area contributed by atoms with Crippen LogP contribution >= 0.6 is 0 Å². The maximum absolute atomic E-state index is 12.7. The first kappa shape index (κ1) is 21.0. The summed E-state index contributed by atoms with van der Waals surface area (Å²) in [6.45, 7) is 0.369. The predicted octanol–water partition coefficient (Wildman–Crippen LogP) is 0.881. The number of non-ortho nitro benzene ring substituents is 1. The third-order valence-electron chi connectivity index (χ3n) is 5.51. The highest BCUT2D eigenvalue weighted by Gasteiger charge is 2.39. The summed E-state index contributed by atoms with van der Waals surface area (Å²) in [5.74, 6) is -2.38. The van der Waals surface area contributed by atoms with Crippen LogP contribution in [0.4, 0.5) is 5.69 Å². The normalized spacial score (nSPS) is 15.7. The molecule has 164 valence electrons. The number of imide groups is 1. The van der Waals surface area contributed by atoms with Gasteiger partial charge in [-0.25, -0.2) is 0 Å². The number of carbonyl (C=O) groups is 4. The van der Waals surface area contributed by atoms with Crippen LogP contribution in [0, 0.1) is 10.1 Å². The number of fused-ring (bicyclic) bond motifs is 1. The van der Waals surface area contributed by atoms with E-state index in [1.165, 1.54) is 28.0 Å². The van der Waals surface area contributed by atoms with Crippen LogP contribution in [0.25, 0.3) is 0 Å². The van der Waals surface area contributed by atoms with Gasteiger partial charge in [0.25, 0.3) is 23.4 Å². The fourth-order valence-electron chi connectivity index (χ4n) is 3.75. The van der Waals surface area contributed by atoms with E-state index in [1.807, 2.05) is 0 Å². The SMILES string of the molecule is O=C(CN1C(=O)c2ccc([N+](=O)[O-])cc2C1=O)N1CCN(C(=O)c2ccccc2O)CC1. The fraction of sp³-hybridized carbons (Fsp3) is 0.238. The Labute approximate surface area is 181 Å². The Morgan fingerprint density at radius 3 is 2.22 bits per heavy atom. The van der Waals surface area contributed by atoms with Gasteiger partial charge in [-0.3, -0.25) is 34.2 Å². The average molecular weight is 438 g/mol. The summed E-state index contributed by atoms with van der Waals surface area (Å²) >= 11 is 0. The van der Waals surface area contributed by atoms with Gasteiger partial charge < -0.3 is 14.9 Å². The molecular formula is C21H18N4O7. The van der Waals surface area contributed by atoms with E-state index in [9.17, 15) is 34.4 Å². The third-order valence-corrected chi connectivity index (χ3v) is 5.51. The summed E-state index contributed by atoms with van der Waals surface area (Å²) in [7, 11) is 0. The molecule has 0 atom stereocenters. The number of piperazine rings is 1. The van der Waals surface area contributed by atoms with Crippen LogP contribution in [0.2, 0.25) is 0 Å². The molecule has 0 aromatic heterocycles. The van der Waals surface area contributed by atoms with Crippen molar-refractivity contribution in [2.24, 2.45) is 0 Å². The van der Waals surface area contributed by atoms with Crippen LogP contribution in [0.1, 0.15) is 31.1 Å². The van der Waals surface area contributed by atoms with E-state index >= 15 is 0 Å². The molecule has 2 heterocycles. The van der Waals surface area contributed by atoms with Gasteiger partial charge >= 0.3 is 0 Å². The lowest BCUT2D eigenvalue weighted by Crippen LogP contribution is -2.53. The lowest BCUT2D eigenvalue weighted by atomic mass is 10.1. The number of nitrogens with zero attached hydrogens (tertiary/aromatic N) is 4. The number of hydrogen-bond acceptors (Lipinski definition) is 7. The summed E-state index contributed by atoms with van der Waals surface area (Å²) in [6, 6.07) is 9.57. The van der Waals surface area contributed by atoms with Crippen LogP contribution < -0.4 is 0 Å². The highest BCUT2D eigenvalue weighted by atomic mass is 16.6. The molecule has 0 saturated carbocycles. The lowest BCUT2D eigenvalue weighted by molar-refractivity contribution is -0.384. The van der Waals surface area contributed by atoms with Crippen molar-refractivity contribution in [3.8, 4) is 5.75 Å². The van der Waals surface area contributed by atoms with Crippen molar-refractivity contribution in [2.45, 2.75) is 0 Å². The van der Waals surface area contributed by atoms with Crippen molar-refractivity contribution < 1.29 is 29.2 Å². The number of phenolic OH excluding ortho intramolecular Hbond substituents is 1. The zero-order valence-electron chi connectivity index (χ0n) is 16.8. The van der Waals surface area contributed by atoms with Gasteiger partial charge in [-0.1, -0.05) is 12.1 Å².